The van der Waals surface area contributed by atoms with Crippen molar-refractivity contribution in [1.29, 1.82) is 0 Å². The van der Waals surface area contributed by atoms with E-state index in [1.165, 1.54) is 16.5 Å². The van der Waals surface area contributed by atoms with Gasteiger partial charge in [0.05, 0.1) is 24.4 Å². The smallest absolute Gasteiger partial charge is 0.116 e. The monoisotopic (exact) mass is 334 g/mol. The molecular weight excluding hydrogens is 312 g/mol. The fraction of sp³-hybridized carbons (Fsp3) is 0.286. The third-order valence-electron chi connectivity index (χ3n) is 4.73. The van der Waals surface area contributed by atoms with E-state index in [9.17, 15) is 5.11 Å². The molecule has 0 amide bonds. The van der Waals surface area contributed by atoms with Crippen LogP contribution in [0.15, 0.2) is 48.5 Å². The molecule has 0 saturated carbocycles. The molecule has 25 heavy (non-hydrogen) atoms. The van der Waals surface area contributed by atoms with Gasteiger partial charge in [-0.15, -0.1) is 0 Å². The number of morpholine rings is 1. The van der Waals surface area contributed by atoms with Gasteiger partial charge in [-0.05, 0) is 48.4 Å². The molecular formula is C21H22N2O2. The summed E-state index contributed by atoms with van der Waals surface area (Å²) < 4.78 is 5.42. The summed E-state index contributed by atoms with van der Waals surface area (Å²) in [6.45, 7) is 6.70. The Morgan fingerprint density at radius 1 is 1.08 bits per heavy atom. The van der Waals surface area contributed by atoms with Crippen molar-refractivity contribution < 1.29 is 9.84 Å². The van der Waals surface area contributed by atoms with Crippen LogP contribution in [0.5, 0.6) is 5.75 Å². The number of aromatic nitrogens is 1. The first-order valence-electron chi connectivity index (χ1n) is 8.69. The maximum atomic E-state index is 9.71. The molecule has 1 aliphatic heterocycles. The lowest BCUT2D eigenvalue weighted by Crippen LogP contribution is -2.35. The molecule has 0 unspecified atom stereocenters. The lowest BCUT2D eigenvalue weighted by Gasteiger charge is -2.26. The number of hydrogen-bond donors (Lipinski definition) is 1. The summed E-state index contributed by atoms with van der Waals surface area (Å²) in [4.78, 5) is 7.22. The van der Waals surface area contributed by atoms with Gasteiger partial charge in [0.15, 0.2) is 0 Å². The summed E-state index contributed by atoms with van der Waals surface area (Å²) in [7, 11) is 0. The second-order valence-electron chi connectivity index (χ2n) is 6.61. The summed E-state index contributed by atoms with van der Waals surface area (Å²) in [5.41, 5.74) is 5.32. The van der Waals surface area contributed by atoms with Gasteiger partial charge in [0.2, 0.25) is 0 Å². The van der Waals surface area contributed by atoms with Crippen LogP contribution < -0.4 is 0 Å². The van der Waals surface area contributed by atoms with E-state index in [4.69, 9.17) is 9.72 Å². The molecule has 4 heteroatoms. The number of fused-ring (bicyclic) bond motifs is 1. The first-order chi connectivity index (χ1) is 12.2. The fourth-order valence-corrected chi connectivity index (χ4v) is 3.37. The van der Waals surface area contributed by atoms with Crippen LogP contribution in [0.3, 0.4) is 0 Å². The minimum absolute atomic E-state index is 0.262. The van der Waals surface area contributed by atoms with E-state index < -0.39 is 0 Å². The second-order valence-corrected chi connectivity index (χ2v) is 6.61. The van der Waals surface area contributed by atoms with Crippen LogP contribution in [-0.2, 0) is 11.3 Å². The number of nitrogens with zero attached hydrogens (tertiary/aromatic N) is 2. The third-order valence-corrected chi connectivity index (χ3v) is 4.73. The molecule has 0 spiro atoms. The van der Waals surface area contributed by atoms with Crippen molar-refractivity contribution in [2.24, 2.45) is 0 Å². The van der Waals surface area contributed by atoms with E-state index in [2.05, 4.69) is 36.1 Å². The number of aromatic hydroxyl groups is 1. The SMILES string of the molecule is Cc1cc(-c2cccc(O)c2)nc2ccc(CN3CCOCC3)cc12. The molecule has 3 aromatic rings. The zero-order valence-corrected chi connectivity index (χ0v) is 14.4. The summed E-state index contributed by atoms with van der Waals surface area (Å²) in [5.74, 6) is 0.262. The summed E-state index contributed by atoms with van der Waals surface area (Å²) in [5, 5.41) is 10.9. The van der Waals surface area contributed by atoms with Crippen molar-refractivity contribution >= 4 is 10.9 Å². The lowest BCUT2D eigenvalue weighted by atomic mass is 10.0. The molecule has 2 heterocycles. The molecule has 0 bridgehead atoms. The molecule has 0 atom stereocenters. The Labute approximate surface area is 147 Å². The number of aryl methyl sites for hydroxylation is 1. The van der Waals surface area contributed by atoms with E-state index in [-0.39, 0.29) is 5.75 Å². The van der Waals surface area contributed by atoms with Crippen LogP contribution in [0, 0.1) is 6.92 Å². The average molecular weight is 334 g/mol. The Bertz CT molecular complexity index is 902. The molecule has 1 aliphatic rings. The standard InChI is InChI=1S/C21H22N2O2/c1-15-11-21(17-3-2-4-18(24)13-17)22-20-6-5-16(12-19(15)20)14-23-7-9-25-10-8-23/h2-6,11-13,24H,7-10,14H2,1H3. The average Bonchev–Trinajstić information content (AvgIpc) is 2.63. The summed E-state index contributed by atoms with van der Waals surface area (Å²) in [6, 6.07) is 15.9. The maximum absolute atomic E-state index is 9.71. The molecule has 0 aliphatic carbocycles. The van der Waals surface area contributed by atoms with Gasteiger partial charge in [-0.1, -0.05) is 18.2 Å². The highest BCUT2D eigenvalue weighted by Crippen LogP contribution is 2.27. The molecule has 4 rings (SSSR count). The van der Waals surface area contributed by atoms with Gasteiger partial charge < -0.3 is 9.84 Å². The molecule has 2 aromatic carbocycles. The molecule has 1 fully saturated rings. The van der Waals surface area contributed by atoms with Crippen LogP contribution in [0.1, 0.15) is 11.1 Å². The molecule has 128 valence electrons. The number of phenols is 1. The van der Waals surface area contributed by atoms with E-state index in [0.29, 0.717) is 0 Å². The lowest BCUT2D eigenvalue weighted by molar-refractivity contribution is 0.0342. The predicted octanol–water partition coefficient (Wildman–Crippen LogP) is 3.75. The van der Waals surface area contributed by atoms with Crippen LogP contribution in [0.2, 0.25) is 0 Å². The number of ether oxygens (including phenoxy) is 1. The van der Waals surface area contributed by atoms with Gasteiger partial charge in [-0.25, -0.2) is 4.98 Å². The second kappa shape index (κ2) is 6.82. The molecule has 0 radical (unpaired) electrons. The fourth-order valence-electron chi connectivity index (χ4n) is 3.37. The Morgan fingerprint density at radius 2 is 1.92 bits per heavy atom. The molecule has 1 aromatic heterocycles. The molecule has 4 nitrogen and oxygen atoms in total. The van der Waals surface area contributed by atoms with Gasteiger partial charge in [-0.2, -0.15) is 0 Å². The van der Waals surface area contributed by atoms with Crippen molar-refractivity contribution in [3.63, 3.8) is 0 Å². The van der Waals surface area contributed by atoms with Gasteiger partial charge in [0.25, 0.3) is 0 Å². The molecule has 1 N–H and O–H groups in total. The topological polar surface area (TPSA) is 45.6 Å². The quantitative estimate of drug-likeness (QED) is 0.792. The number of rotatable bonds is 3. The van der Waals surface area contributed by atoms with Gasteiger partial charge in [0, 0.05) is 30.6 Å². The zero-order valence-electron chi connectivity index (χ0n) is 14.4. The van der Waals surface area contributed by atoms with E-state index in [1.807, 2.05) is 12.1 Å². The van der Waals surface area contributed by atoms with E-state index >= 15 is 0 Å². The highest BCUT2D eigenvalue weighted by molar-refractivity contribution is 5.85. The number of hydrogen-bond acceptors (Lipinski definition) is 4. The number of benzene rings is 2. The Hall–Kier alpha value is -2.43. The van der Waals surface area contributed by atoms with Crippen molar-refractivity contribution in [3.05, 3.63) is 59.7 Å². The van der Waals surface area contributed by atoms with Crippen LogP contribution in [0.4, 0.5) is 0 Å². The third kappa shape index (κ3) is 3.50. The van der Waals surface area contributed by atoms with Gasteiger partial charge >= 0.3 is 0 Å². The first-order valence-corrected chi connectivity index (χ1v) is 8.69. The number of phenolic OH excluding ortho intramolecular Hbond substituents is 1. The molecule has 1 saturated heterocycles. The maximum Gasteiger partial charge on any atom is 0.116 e. The zero-order chi connectivity index (χ0) is 17.2. The largest absolute Gasteiger partial charge is 0.508 e. The normalized spacial score (nSPS) is 15.6. The Kier molecular flexibility index (Phi) is 4.38. The van der Waals surface area contributed by atoms with Crippen LogP contribution >= 0.6 is 0 Å². The summed E-state index contributed by atoms with van der Waals surface area (Å²) >= 11 is 0. The van der Waals surface area contributed by atoms with Gasteiger partial charge in [-0.3, -0.25) is 4.90 Å². The summed E-state index contributed by atoms with van der Waals surface area (Å²) in [6.07, 6.45) is 0. The van der Waals surface area contributed by atoms with Gasteiger partial charge in [0.1, 0.15) is 5.75 Å². The minimum Gasteiger partial charge on any atom is -0.508 e. The highest BCUT2D eigenvalue weighted by Gasteiger charge is 2.12. The van der Waals surface area contributed by atoms with Crippen molar-refractivity contribution in [3.8, 4) is 17.0 Å². The van der Waals surface area contributed by atoms with E-state index in [0.717, 1.165) is 49.6 Å². The van der Waals surface area contributed by atoms with E-state index in [1.54, 1.807) is 12.1 Å². The number of pyridine rings is 1. The minimum atomic E-state index is 0.262. The Morgan fingerprint density at radius 3 is 2.72 bits per heavy atom. The Balaban J connectivity index is 1.67. The van der Waals surface area contributed by atoms with Crippen molar-refractivity contribution in [2.75, 3.05) is 26.3 Å². The first kappa shape index (κ1) is 16.1. The highest BCUT2D eigenvalue weighted by atomic mass is 16.5. The van der Waals surface area contributed by atoms with Crippen molar-refractivity contribution in [1.82, 2.24) is 9.88 Å². The van der Waals surface area contributed by atoms with Crippen LogP contribution in [-0.4, -0.2) is 41.3 Å². The predicted molar refractivity (Wildman–Crippen MR) is 99.7 cm³/mol. The van der Waals surface area contributed by atoms with Crippen LogP contribution in [0.25, 0.3) is 22.2 Å². The van der Waals surface area contributed by atoms with Crippen molar-refractivity contribution in [2.45, 2.75) is 13.5 Å².